The monoisotopic (exact) mass is 325 g/mol. The van der Waals surface area contributed by atoms with E-state index in [0.717, 1.165) is 12.0 Å². The van der Waals surface area contributed by atoms with Gasteiger partial charge >= 0.3 is 11.8 Å². The van der Waals surface area contributed by atoms with E-state index in [9.17, 15) is 9.59 Å². The van der Waals surface area contributed by atoms with Gasteiger partial charge in [-0.3, -0.25) is 9.59 Å². The predicted octanol–water partition coefficient (Wildman–Crippen LogP) is 2.35. The molecule has 2 amide bonds. The van der Waals surface area contributed by atoms with Crippen LogP contribution in [-0.4, -0.2) is 25.1 Å². The van der Waals surface area contributed by atoms with Crippen molar-refractivity contribution in [3.63, 3.8) is 0 Å². The van der Waals surface area contributed by atoms with E-state index in [0.29, 0.717) is 17.0 Å². The van der Waals surface area contributed by atoms with Crippen molar-refractivity contribution in [1.29, 1.82) is 0 Å². The third-order valence-corrected chi connectivity index (χ3v) is 3.36. The Morgan fingerprint density at radius 2 is 1.79 bits per heavy atom. The Balaban J connectivity index is 1.97. The lowest BCUT2D eigenvalue weighted by Gasteiger charge is -2.08. The summed E-state index contributed by atoms with van der Waals surface area (Å²) in [6, 6.07) is 14.5. The van der Waals surface area contributed by atoms with Crippen LogP contribution in [0.25, 0.3) is 0 Å². The average Bonchev–Trinajstić information content (AvgIpc) is 2.62. The van der Waals surface area contributed by atoms with E-state index in [1.807, 2.05) is 31.2 Å². The Hall–Kier alpha value is -3.15. The minimum atomic E-state index is -0.841. The molecular formula is C18H19N3O3. The highest BCUT2D eigenvalue weighted by atomic mass is 16.5. The molecule has 0 unspecified atom stereocenters. The molecule has 0 saturated carbocycles. The topological polar surface area (TPSA) is 79.8 Å². The van der Waals surface area contributed by atoms with E-state index in [2.05, 4.69) is 15.8 Å². The quantitative estimate of drug-likeness (QED) is 0.503. The second-order valence-electron chi connectivity index (χ2n) is 4.91. The molecule has 2 N–H and O–H groups in total. The fraction of sp³-hybridized carbons (Fsp3) is 0.167. The number of benzene rings is 2. The largest absolute Gasteiger partial charge is 0.496 e. The number of rotatable bonds is 5. The van der Waals surface area contributed by atoms with Gasteiger partial charge in [0.05, 0.1) is 13.3 Å². The van der Waals surface area contributed by atoms with E-state index in [1.165, 1.54) is 6.21 Å². The van der Waals surface area contributed by atoms with Gasteiger partial charge < -0.3 is 10.1 Å². The van der Waals surface area contributed by atoms with Crippen LogP contribution >= 0.6 is 0 Å². The maximum Gasteiger partial charge on any atom is 0.329 e. The zero-order chi connectivity index (χ0) is 17.4. The molecule has 6 heteroatoms. The van der Waals surface area contributed by atoms with Gasteiger partial charge in [-0.15, -0.1) is 0 Å². The Morgan fingerprint density at radius 3 is 2.54 bits per heavy atom. The standard InChI is InChI=1S/C18H19N3O3/c1-3-13-8-4-6-10-15(13)20-17(22)18(23)21-19-12-14-9-5-7-11-16(14)24-2/h4-12H,3H2,1-2H3,(H,20,22)(H,21,23). The molecule has 2 rings (SSSR count). The van der Waals surface area contributed by atoms with Crippen LogP contribution in [0, 0.1) is 0 Å². The molecule has 2 aromatic carbocycles. The van der Waals surface area contributed by atoms with Crippen LogP contribution in [0.3, 0.4) is 0 Å². The van der Waals surface area contributed by atoms with E-state index in [1.54, 1.807) is 31.4 Å². The summed E-state index contributed by atoms with van der Waals surface area (Å²) in [6.07, 6.45) is 2.17. The molecule has 0 atom stereocenters. The van der Waals surface area contributed by atoms with Crippen LogP contribution in [0.2, 0.25) is 0 Å². The molecule has 0 fully saturated rings. The summed E-state index contributed by atoms with van der Waals surface area (Å²) in [6.45, 7) is 1.97. The fourth-order valence-electron chi connectivity index (χ4n) is 2.11. The summed E-state index contributed by atoms with van der Waals surface area (Å²) in [4.78, 5) is 23.7. The van der Waals surface area contributed by atoms with Crippen molar-refractivity contribution in [1.82, 2.24) is 5.43 Å². The molecule has 0 spiro atoms. The van der Waals surface area contributed by atoms with Crippen molar-refractivity contribution in [2.45, 2.75) is 13.3 Å². The number of amides is 2. The number of ether oxygens (including phenoxy) is 1. The Bertz CT molecular complexity index is 757. The normalized spacial score (nSPS) is 10.4. The Kier molecular flexibility index (Phi) is 6.08. The first-order valence-corrected chi connectivity index (χ1v) is 7.51. The van der Waals surface area contributed by atoms with E-state index in [-0.39, 0.29) is 0 Å². The summed E-state index contributed by atoms with van der Waals surface area (Å²) < 4.78 is 5.17. The number of methoxy groups -OCH3 is 1. The van der Waals surface area contributed by atoms with Crippen LogP contribution < -0.4 is 15.5 Å². The van der Waals surface area contributed by atoms with E-state index >= 15 is 0 Å². The molecule has 0 saturated heterocycles. The summed E-state index contributed by atoms with van der Waals surface area (Å²) in [5, 5.41) is 6.37. The number of para-hydroxylation sites is 2. The highest BCUT2D eigenvalue weighted by Gasteiger charge is 2.14. The smallest absolute Gasteiger partial charge is 0.329 e. The highest BCUT2D eigenvalue weighted by Crippen LogP contribution is 2.15. The van der Waals surface area contributed by atoms with E-state index < -0.39 is 11.8 Å². The van der Waals surface area contributed by atoms with Crippen LogP contribution in [-0.2, 0) is 16.0 Å². The van der Waals surface area contributed by atoms with Crippen molar-refractivity contribution >= 4 is 23.7 Å². The molecule has 0 bridgehead atoms. The van der Waals surface area contributed by atoms with Crippen molar-refractivity contribution in [3.8, 4) is 5.75 Å². The van der Waals surface area contributed by atoms with Gasteiger partial charge in [0.15, 0.2) is 0 Å². The average molecular weight is 325 g/mol. The molecule has 0 aliphatic carbocycles. The predicted molar refractivity (Wildman–Crippen MR) is 93.2 cm³/mol. The molecule has 0 aliphatic heterocycles. The summed E-state index contributed by atoms with van der Waals surface area (Å²) in [5.74, 6) is -0.989. The lowest BCUT2D eigenvalue weighted by molar-refractivity contribution is -0.136. The van der Waals surface area contributed by atoms with E-state index in [4.69, 9.17) is 4.74 Å². The highest BCUT2D eigenvalue weighted by molar-refractivity contribution is 6.39. The van der Waals surface area contributed by atoms with Gasteiger partial charge in [0.2, 0.25) is 0 Å². The van der Waals surface area contributed by atoms with Gasteiger partial charge in [-0.05, 0) is 30.2 Å². The van der Waals surface area contributed by atoms with Crippen LogP contribution in [0.15, 0.2) is 53.6 Å². The zero-order valence-corrected chi connectivity index (χ0v) is 13.6. The number of hydrogen-bond donors (Lipinski definition) is 2. The van der Waals surface area contributed by atoms with Gasteiger partial charge in [0, 0.05) is 11.3 Å². The molecule has 0 heterocycles. The summed E-state index contributed by atoms with van der Waals surface area (Å²) >= 11 is 0. The first-order chi connectivity index (χ1) is 11.7. The summed E-state index contributed by atoms with van der Waals surface area (Å²) in [5.41, 5.74) is 4.47. The molecule has 0 aromatic heterocycles. The molecule has 0 radical (unpaired) electrons. The number of aryl methyl sites for hydroxylation is 1. The van der Waals surface area contributed by atoms with Crippen molar-refractivity contribution in [3.05, 3.63) is 59.7 Å². The molecule has 2 aromatic rings. The van der Waals surface area contributed by atoms with Gasteiger partial charge in [0.1, 0.15) is 5.75 Å². The zero-order valence-electron chi connectivity index (χ0n) is 13.6. The first-order valence-electron chi connectivity index (χ1n) is 7.51. The van der Waals surface area contributed by atoms with Crippen LogP contribution in [0.1, 0.15) is 18.1 Å². The third-order valence-electron chi connectivity index (χ3n) is 3.36. The Labute approximate surface area is 140 Å². The molecule has 24 heavy (non-hydrogen) atoms. The maximum absolute atomic E-state index is 11.9. The van der Waals surface area contributed by atoms with Crippen LogP contribution in [0.5, 0.6) is 5.75 Å². The minimum absolute atomic E-state index is 0.619. The number of carbonyl (C=O) groups is 2. The lowest BCUT2D eigenvalue weighted by atomic mass is 10.1. The number of hydrazone groups is 1. The van der Waals surface area contributed by atoms with Gasteiger partial charge in [-0.2, -0.15) is 5.10 Å². The second kappa shape index (κ2) is 8.47. The number of carbonyl (C=O) groups excluding carboxylic acids is 2. The molecule has 0 aliphatic rings. The second-order valence-corrected chi connectivity index (χ2v) is 4.91. The van der Waals surface area contributed by atoms with Crippen LogP contribution in [0.4, 0.5) is 5.69 Å². The third kappa shape index (κ3) is 4.42. The molecule has 6 nitrogen and oxygen atoms in total. The number of anilines is 1. The lowest BCUT2D eigenvalue weighted by Crippen LogP contribution is -2.32. The van der Waals surface area contributed by atoms with Gasteiger partial charge in [-0.1, -0.05) is 37.3 Å². The van der Waals surface area contributed by atoms with Gasteiger partial charge in [-0.25, -0.2) is 5.43 Å². The fourth-order valence-corrected chi connectivity index (χ4v) is 2.11. The number of hydrogen-bond acceptors (Lipinski definition) is 4. The van der Waals surface area contributed by atoms with Gasteiger partial charge in [0.25, 0.3) is 0 Å². The minimum Gasteiger partial charge on any atom is -0.496 e. The summed E-state index contributed by atoms with van der Waals surface area (Å²) in [7, 11) is 1.55. The number of nitrogens with one attached hydrogen (secondary N) is 2. The first kappa shape index (κ1) is 17.2. The maximum atomic E-state index is 11.9. The van der Waals surface area contributed by atoms with Crippen molar-refractivity contribution in [2.75, 3.05) is 12.4 Å². The molecule has 124 valence electrons. The SMILES string of the molecule is CCc1ccccc1NC(=O)C(=O)NN=Cc1ccccc1OC. The van der Waals surface area contributed by atoms with Crippen molar-refractivity contribution < 1.29 is 14.3 Å². The Morgan fingerprint density at radius 1 is 1.08 bits per heavy atom. The number of nitrogens with zero attached hydrogens (tertiary/aromatic N) is 1. The van der Waals surface area contributed by atoms with Crippen molar-refractivity contribution in [2.24, 2.45) is 5.10 Å². The molecular weight excluding hydrogens is 306 g/mol.